The standard InChI is InChI=1S/C23H28BrNO/c24-17-7-5-3-1-2-4-6-8-18-26-23-15-13-22(14-16-23)21-11-9-20(19-25)10-12-21/h9-16H,1-8,17-18H2. The molecule has 26 heavy (non-hydrogen) atoms. The molecule has 2 aromatic rings. The van der Waals surface area contributed by atoms with Crippen LogP contribution in [0.4, 0.5) is 0 Å². The molecular weight excluding hydrogens is 386 g/mol. The lowest BCUT2D eigenvalue weighted by molar-refractivity contribution is 0.304. The number of rotatable bonds is 12. The van der Waals surface area contributed by atoms with E-state index in [-0.39, 0.29) is 0 Å². The van der Waals surface area contributed by atoms with E-state index in [9.17, 15) is 0 Å². The van der Waals surface area contributed by atoms with Crippen LogP contribution in [0.1, 0.15) is 56.9 Å². The van der Waals surface area contributed by atoms with Gasteiger partial charge in [-0.1, -0.05) is 78.7 Å². The van der Waals surface area contributed by atoms with Gasteiger partial charge in [-0.15, -0.1) is 0 Å². The predicted octanol–water partition coefficient (Wildman–Crippen LogP) is 7.12. The van der Waals surface area contributed by atoms with Crippen molar-refractivity contribution in [2.75, 3.05) is 11.9 Å². The number of nitrogens with zero attached hydrogens (tertiary/aromatic N) is 1. The number of hydrogen-bond acceptors (Lipinski definition) is 2. The molecule has 2 rings (SSSR count). The average molecular weight is 414 g/mol. The summed E-state index contributed by atoms with van der Waals surface area (Å²) in [4.78, 5) is 0. The molecule has 0 saturated carbocycles. The van der Waals surface area contributed by atoms with Crippen molar-refractivity contribution in [1.29, 1.82) is 5.26 Å². The maximum Gasteiger partial charge on any atom is 0.119 e. The van der Waals surface area contributed by atoms with Crippen molar-refractivity contribution < 1.29 is 4.74 Å². The Kier molecular flexibility index (Phi) is 9.90. The quantitative estimate of drug-likeness (QED) is 0.274. The van der Waals surface area contributed by atoms with Gasteiger partial charge in [-0.2, -0.15) is 5.26 Å². The summed E-state index contributed by atoms with van der Waals surface area (Å²) >= 11 is 3.48. The lowest BCUT2D eigenvalue weighted by atomic mass is 10.0. The molecule has 3 heteroatoms. The highest BCUT2D eigenvalue weighted by Crippen LogP contribution is 2.23. The normalized spacial score (nSPS) is 10.5. The fourth-order valence-corrected chi connectivity index (χ4v) is 3.32. The predicted molar refractivity (Wildman–Crippen MR) is 113 cm³/mol. The number of halogens is 1. The summed E-state index contributed by atoms with van der Waals surface area (Å²) in [6.45, 7) is 0.791. The molecule has 2 aromatic carbocycles. The van der Waals surface area contributed by atoms with E-state index in [2.05, 4.69) is 34.1 Å². The molecular formula is C23H28BrNO. The number of nitriles is 1. The largest absolute Gasteiger partial charge is 0.494 e. The van der Waals surface area contributed by atoms with Crippen molar-refractivity contribution in [1.82, 2.24) is 0 Å². The molecule has 0 aliphatic rings. The summed E-state index contributed by atoms with van der Waals surface area (Å²) in [5.41, 5.74) is 2.95. The summed E-state index contributed by atoms with van der Waals surface area (Å²) in [6.07, 6.45) is 10.4. The molecule has 0 bridgehead atoms. The van der Waals surface area contributed by atoms with Crippen molar-refractivity contribution in [3.63, 3.8) is 0 Å². The number of alkyl halides is 1. The highest BCUT2D eigenvalue weighted by molar-refractivity contribution is 9.09. The Morgan fingerprint density at radius 1 is 0.692 bits per heavy atom. The minimum atomic E-state index is 0.688. The van der Waals surface area contributed by atoms with E-state index in [0.29, 0.717) is 5.56 Å². The van der Waals surface area contributed by atoms with E-state index in [1.54, 1.807) is 0 Å². The number of hydrogen-bond donors (Lipinski definition) is 0. The molecule has 0 N–H and O–H groups in total. The van der Waals surface area contributed by atoms with Gasteiger partial charge in [0, 0.05) is 5.33 Å². The third-order valence-corrected chi connectivity index (χ3v) is 5.06. The van der Waals surface area contributed by atoms with Gasteiger partial charge in [0.15, 0.2) is 0 Å². The highest BCUT2D eigenvalue weighted by atomic mass is 79.9. The van der Waals surface area contributed by atoms with Crippen LogP contribution in [0.5, 0.6) is 5.75 Å². The van der Waals surface area contributed by atoms with Crippen LogP contribution in [0.15, 0.2) is 48.5 Å². The maximum absolute atomic E-state index is 8.86. The van der Waals surface area contributed by atoms with E-state index in [1.165, 1.54) is 44.9 Å². The minimum Gasteiger partial charge on any atom is -0.494 e. The molecule has 0 amide bonds. The summed E-state index contributed by atoms with van der Waals surface area (Å²) in [5, 5.41) is 10.00. The van der Waals surface area contributed by atoms with Gasteiger partial charge in [0.25, 0.3) is 0 Å². The van der Waals surface area contributed by atoms with Gasteiger partial charge in [0.2, 0.25) is 0 Å². The Labute approximate surface area is 166 Å². The minimum absolute atomic E-state index is 0.688. The van der Waals surface area contributed by atoms with Crippen molar-refractivity contribution in [3.8, 4) is 22.9 Å². The van der Waals surface area contributed by atoms with Gasteiger partial charge >= 0.3 is 0 Å². The van der Waals surface area contributed by atoms with Crippen LogP contribution >= 0.6 is 15.9 Å². The van der Waals surface area contributed by atoms with Crippen molar-refractivity contribution in [3.05, 3.63) is 54.1 Å². The van der Waals surface area contributed by atoms with Crippen LogP contribution in [0.2, 0.25) is 0 Å². The molecule has 0 aromatic heterocycles. The Balaban J connectivity index is 1.61. The van der Waals surface area contributed by atoms with E-state index in [4.69, 9.17) is 10.00 Å². The lowest BCUT2D eigenvalue weighted by Gasteiger charge is -2.08. The number of unbranched alkanes of at least 4 members (excludes halogenated alkanes) is 7. The first-order chi connectivity index (χ1) is 12.8. The van der Waals surface area contributed by atoms with Crippen LogP contribution in [-0.4, -0.2) is 11.9 Å². The molecule has 0 fully saturated rings. The molecule has 0 radical (unpaired) electrons. The fourth-order valence-electron chi connectivity index (χ4n) is 2.93. The molecule has 138 valence electrons. The van der Waals surface area contributed by atoms with Gasteiger partial charge in [0.1, 0.15) is 5.75 Å². The summed E-state index contributed by atoms with van der Waals surface area (Å²) in [7, 11) is 0. The van der Waals surface area contributed by atoms with Crippen LogP contribution in [0.25, 0.3) is 11.1 Å². The average Bonchev–Trinajstić information content (AvgIpc) is 2.70. The second-order valence-corrected chi connectivity index (χ2v) is 7.37. The van der Waals surface area contributed by atoms with Crippen molar-refractivity contribution in [2.24, 2.45) is 0 Å². The molecule has 0 unspecified atom stereocenters. The lowest BCUT2D eigenvalue weighted by Crippen LogP contribution is -1.97. The Bertz CT molecular complexity index is 658. The first-order valence-electron chi connectivity index (χ1n) is 9.63. The van der Waals surface area contributed by atoms with E-state index in [1.807, 2.05) is 36.4 Å². The van der Waals surface area contributed by atoms with Gasteiger partial charge in [-0.25, -0.2) is 0 Å². The molecule has 0 aliphatic carbocycles. The monoisotopic (exact) mass is 413 g/mol. The van der Waals surface area contributed by atoms with E-state index in [0.717, 1.165) is 35.2 Å². The van der Waals surface area contributed by atoms with Crippen LogP contribution < -0.4 is 4.74 Å². The van der Waals surface area contributed by atoms with Crippen molar-refractivity contribution in [2.45, 2.75) is 51.4 Å². The van der Waals surface area contributed by atoms with Gasteiger partial charge in [-0.3, -0.25) is 0 Å². The van der Waals surface area contributed by atoms with Crippen LogP contribution in [0.3, 0.4) is 0 Å². The smallest absolute Gasteiger partial charge is 0.119 e. The topological polar surface area (TPSA) is 33.0 Å². The maximum atomic E-state index is 8.86. The Morgan fingerprint density at radius 3 is 1.73 bits per heavy atom. The molecule has 0 aliphatic heterocycles. The van der Waals surface area contributed by atoms with Gasteiger partial charge in [-0.05, 0) is 48.2 Å². The first kappa shape index (κ1) is 20.5. The molecule has 2 nitrogen and oxygen atoms in total. The first-order valence-corrected chi connectivity index (χ1v) is 10.7. The van der Waals surface area contributed by atoms with E-state index >= 15 is 0 Å². The number of ether oxygens (including phenoxy) is 1. The summed E-state index contributed by atoms with van der Waals surface area (Å²) < 4.78 is 5.84. The molecule has 0 heterocycles. The van der Waals surface area contributed by atoms with Gasteiger partial charge < -0.3 is 4.74 Å². The second kappa shape index (κ2) is 12.5. The molecule has 0 saturated heterocycles. The second-order valence-electron chi connectivity index (χ2n) is 6.58. The van der Waals surface area contributed by atoms with Crippen LogP contribution in [-0.2, 0) is 0 Å². The van der Waals surface area contributed by atoms with Crippen LogP contribution in [0, 0.1) is 11.3 Å². The molecule has 0 spiro atoms. The SMILES string of the molecule is N#Cc1ccc(-c2ccc(OCCCCCCCCCCBr)cc2)cc1. The van der Waals surface area contributed by atoms with Crippen molar-refractivity contribution >= 4 is 15.9 Å². The highest BCUT2D eigenvalue weighted by Gasteiger charge is 2.00. The Morgan fingerprint density at radius 2 is 1.19 bits per heavy atom. The fraction of sp³-hybridized carbons (Fsp3) is 0.435. The zero-order valence-electron chi connectivity index (χ0n) is 15.4. The summed E-state index contributed by atoms with van der Waals surface area (Å²) in [6, 6.07) is 18.0. The Hall–Kier alpha value is -1.79. The van der Waals surface area contributed by atoms with Gasteiger partial charge in [0.05, 0.1) is 18.2 Å². The third-order valence-electron chi connectivity index (χ3n) is 4.50. The third kappa shape index (κ3) is 7.62. The zero-order valence-corrected chi connectivity index (χ0v) is 17.0. The summed E-state index contributed by atoms with van der Waals surface area (Å²) in [5.74, 6) is 0.928. The number of benzene rings is 2. The molecule has 0 atom stereocenters. The van der Waals surface area contributed by atoms with E-state index < -0.39 is 0 Å². The zero-order chi connectivity index (χ0) is 18.5.